The zero-order valence-electron chi connectivity index (χ0n) is 12.3. The van der Waals surface area contributed by atoms with Gasteiger partial charge < -0.3 is 9.80 Å². The molecular formula is C15H21N5. The molecule has 0 radical (unpaired) electrons. The average Bonchev–Trinajstić information content (AvgIpc) is 2.49. The Balaban J connectivity index is 1.96. The van der Waals surface area contributed by atoms with Crippen molar-refractivity contribution in [3.8, 4) is 0 Å². The quantitative estimate of drug-likeness (QED) is 0.780. The number of anilines is 1. The van der Waals surface area contributed by atoms with E-state index in [1.54, 1.807) is 7.05 Å². The molecule has 1 aromatic rings. The second kappa shape index (κ2) is 5.15. The summed E-state index contributed by atoms with van der Waals surface area (Å²) in [7, 11) is 3.81. The van der Waals surface area contributed by atoms with Crippen molar-refractivity contribution in [1.29, 1.82) is 0 Å². The van der Waals surface area contributed by atoms with Crippen molar-refractivity contribution >= 4 is 17.6 Å². The molecule has 0 fully saturated rings. The van der Waals surface area contributed by atoms with Gasteiger partial charge in [0, 0.05) is 26.3 Å². The van der Waals surface area contributed by atoms with Crippen molar-refractivity contribution in [1.82, 2.24) is 10.2 Å². The van der Waals surface area contributed by atoms with Crippen LogP contribution in [0.2, 0.25) is 0 Å². The average molecular weight is 271 g/mol. The Morgan fingerprint density at radius 2 is 2.15 bits per heavy atom. The number of guanidine groups is 2. The van der Waals surface area contributed by atoms with E-state index in [-0.39, 0.29) is 6.17 Å². The Labute approximate surface area is 120 Å². The van der Waals surface area contributed by atoms with Crippen molar-refractivity contribution < 1.29 is 0 Å². The van der Waals surface area contributed by atoms with Gasteiger partial charge in [-0.2, -0.15) is 0 Å². The summed E-state index contributed by atoms with van der Waals surface area (Å²) in [4.78, 5) is 13.4. The maximum atomic E-state index is 4.76. The van der Waals surface area contributed by atoms with Crippen molar-refractivity contribution in [3.05, 3.63) is 29.8 Å². The molecule has 0 saturated heterocycles. The molecule has 0 saturated carbocycles. The van der Waals surface area contributed by atoms with Gasteiger partial charge in [0.05, 0.1) is 0 Å². The number of para-hydroxylation sites is 1. The van der Waals surface area contributed by atoms with Crippen molar-refractivity contribution in [2.75, 3.05) is 25.5 Å². The monoisotopic (exact) mass is 271 g/mol. The van der Waals surface area contributed by atoms with Crippen LogP contribution in [0, 0.1) is 0 Å². The molecule has 1 unspecified atom stereocenters. The number of aryl methyl sites for hydroxylation is 1. The molecule has 20 heavy (non-hydrogen) atoms. The molecule has 1 N–H and O–H groups in total. The number of rotatable bonds is 0. The van der Waals surface area contributed by atoms with E-state index in [0.717, 1.165) is 31.3 Å². The SMILES string of the molecule is CN=C1NC(N2CCCc3ccccc32)=NC(C)N1C. The highest BCUT2D eigenvalue weighted by Crippen LogP contribution is 2.27. The minimum Gasteiger partial charge on any atom is -0.324 e. The molecule has 0 bridgehead atoms. The predicted molar refractivity (Wildman–Crippen MR) is 83.3 cm³/mol. The van der Waals surface area contributed by atoms with E-state index < -0.39 is 0 Å². The number of hydrogen-bond acceptors (Lipinski definition) is 3. The molecule has 1 aromatic carbocycles. The van der Waals surface area contributed by atoms with Crippen LogP contribution in [0.15, 0.2) is 34.3 Å². The Kier molecular flexibility index (Phi) is 3.34. The summed E-state index contributed by atoms with van der Waals surface area (Å²) in [6.45, 7) is 3.08. The van der Waals surface area contributed by atoms with Gasteiger partial charge in [-0.3, -0.25) is 10.3 Å². The maximum absolute atomic E-state index is 4.76. The lowest BCUT2D eigenvalue weighted by atomic mass is 10.0. The van der Waals surface area contributed by atoms with Gasteiger partial charge in [-0.1, -0.05) is 18.2 Å². The fourth-order valence-electron chi connectivity index (χ4n) is 2.77. The van der Waals surface area contributed by atoms with Crippen LogP contribution in [-0.4, -0.2) is 43.6 Å². The Hall–Kier alpha value is -2.04. The molecule has 106 valence electrons. The summed E-state index contributed by atoms with van der Waals surface area (Å²) in [5.74, 6) is 1.77. The lowest BCUT2D eigenvalue weighted by molar-refractivity contribution is 0.381. The first kappa shape index (κ1) is 13.0. The third-order valence-corrected chi connectivity index (χ3v) is 4.01. The van der Waals surface area contributed by atoms with Crippen LogP contribution >= 0.6 is 0 Å². The minimum atomic E-state index is 0.0963. The van der Waals surface area contributed by atoms with E-state index in [0.29, 0.717) is 0 Å². The molecule has 2 heterocycles. The van der Waals surface area contributed by atoms with Crippen LogP contribution in [0.1, 0.15) is 18.9 Å². The molecule has 3 rings (SSSR count). The van der Waals surface area contributed by atoms with Gasteiger partial charge in [0.15, 0.2) is 0 Å². The third-order valence-electron chi connectivity index (χ3n) is 4.01. The van der Waals surface area contributed by atoms with Crippen LogP contribution in [0.4, 0.5) is 5.69 Å². The smallest absolute Gasteiger partial charge is 0.207 e. The second-order valence-electron chi connectivity index (χ2n) is 5.25. The lowest BCUT2D eigenvalue weighted by Gasteiger charge is -2.38. The fraction of sp³-hybridized carbons (Fsp3) is 0.467. The summed E-state index contributed by atoms with van der Waals surface area (Å²) in [5, 5.41) is 3.35. The van der Waals surface area contributed by atoms with E-state index in [1.165, 1.54) is 11.3 Å². The van der Waals surface area contributed by atoms with Gasteiger partial charge in [-0.25, -0.2) is 4.99 Å². The lowest BCUT2D eigenvalue weighted by Crippen LogP contribution is -2.56. The van der Waals surface area contributed by atoms with Crippen molar-refractivity contribution in [3.63, 3.8) is 0 Å². The van der Waals surface area contributed by atoms with E-state index in [1.807, 2.05) is 11.9 Å². The minimum absolute atomic E-state index is 0.0963. The number of fused-ring (bicyclic) bond motifs is 1. The molecular weight excluding hydrogens is 250 g/mol. The number of hydrogen-bond donors (Lipinski definition) is 1. The zero-order chi connectivity index (χ0) is 14.1. The molecule has 0 spiro atoms. The first-order valence-electron chi connectivity index (χ1n) is 7.10. The summed E-state index contributed by atoms with van der Waals surface area (Å²) in [6, 6.07) is 8.57. The standard InChI is InChI=1S/C15H21N5/c1-11-17-15(18-14(16-2)19(11)3)20-10-6-8-12-7-4-5-9-13(12)20/h4-5,7,9,11H,6,8,10H2,1-3H3,(H,16,17,18). The Bertz CT molecular complexity index is 563. The molecule has 5 nitrogen and oxygen atoms in total. The highest BCUT2D eigenvalue weighted by Gasteiger charge is 2.27. The van der Waals surface area contributed by atoms with Gasteiger partial charge in [0.2, 0.25) is 11.9 Å². The molecule has 5 heteroatoms. The molecule has 1 atom stereocenters. The summed E-state index contributed by atoms with van der Waals surface area (Å²) >= 11 is 0. The Morgan fingerprint density at radius 3 is 2.95 bits per heavy atom. The molecule has 2 aliphatic heterocycles. The third kappa shape index (κ3) is 2.13. The van der Waals surface area contributed by atoms with Crippen LogP contribution in [0.25, 0.3) is 0 Å². The van der Waals surface area contributed by atoms with E-state index in [9.17, 15) is 0 Å². The van der Waals surface area contributed by atoms with Crippen LogP contribution in [0.3, 0.4) is 0 Å². The van der Waals surface area contributed by atoms with Crippen LogP contribution < -0.4 is 10.2 Å². The Morgan fingerprint density at radius 1 is 1.35 bits per heavy atom. The number of nitrogens with one attached hydrogen (secondary N) is 1. The number of nitrogens with zero attached hydrogens (tertiary/aromatic N) is 4. The van der Waals surface area contributed by atoms with Crippen molar-refractivity contribution in [2.45, 2.75) is 25.9 Å². The summed E-state index contributed by atoms with van der Waals surface area (Å²) < 4.78 is 0. The largest absolute Gasteiger partial charge is 0.324 e. The maximum Gasteiger partial charge on any atom is 0.207 e. The highest BCUT2D eigenvalue weighted by molar-refractivity contribution is 6.08. The molecule has 0 aliphatic carbocycles. The van der Waals surface area contributed by atoms with Gasteiger partial charge in [-0.05, 0) is 31.4 Å². The number of aliphatic imine (C=N–C) groups is 2. The van der Waals surface area contributed by atoms with Crippen LogP contribution in [-0.2, 0) is 6.42 Å². The van der Waals surface area contributed by atoms with Gasteiger partial charge >= 0.3 is 0 Å². The topological polar surface area (TPSA) is 43.2 Å². The van der Waals surface area contributed by atoms with E-state index in [4.69, 9.17) is 4.99 Å². The van der Waals surface area contributed by atoms with Gasteiger partial charge in [0.25, 0.3) is 0 Å². The van der Waals surface area contributed by atoms with Gasteiger partial charge in [0.1, 0.15) is 6.17 Å². The fourth-order valence-corrected chi connectivity index (χ4v) is 2.77. The normalized spacial score (nSPS) is 24.2. The summed E-state index contributed by atoms with van der Waals surface area (Å²) in [5.41, 5.74) is 2.65. The number of benzene rings is 1. The predicted octanol–water partition coefficient (Wildman–Crippen LogP) is 1.66. The second-order valence-corrected chi connectivity index (χ2v) is 5.25. The molecule has 0 aromatic heterocycles. The molecule has 2 aliphatic rings. The van der Waals surface area contributed by atoms with Gasteiger partial charge in [-0.15, -0.1) is 0 Å². The van der Waals surface area contributed by atoms with Crippen molar-refractivity contribution in [2.24, 2.45) is 9.98 Å². The first-order chi connectivity index (χ1) is 9.70. The van der Waals surface area contributed by atoms with E-state index in [2.05, 4.69) is 46.4 Å². The first-order valence-corrected chi connectivity index (χ1v) is 7.10. The zero-order valence-corrected chi connectivity index (χ0v) is 12.3. The highest BCUT2D eigenvalue weighted by atomic mass is 15.5. The summed E-state index contributed by atoms with van der Waals surface area (Å²) in [6.07, 6.45) is 2.39. The van der Waals surface area contributed by atoms with Crippen LogP contribution in [0.5, 0.6) is 0 Å². The molecule has 0 amide bonds. The van der Waals surface area contributed by atoms with E-state index >= 15 is 0 Å².